The van der Waals surface area contributed by atoms with Gasteiger partial charge in [0.25, 0.3) is 0 Å². The quantitative estimate of drug-likeness (QED) is 0.891. The molecule has 5 heteroatoms. The molecular formula is C13H19NO4. The summed E-state index contributed by atoms with van der Waals surface area (Å²) in [4.78, 5) is 13.1. The molecule has 0 aliphatic carbocycles. The van der Waals surface area contributed by atoms with E-state index in [2.05, 4.69) is 4.90 Å². The Balaban J connectivity index is 2.06. The van der Waals surface area contributed by atoms with Gasteiger partial charge in [-0.05, 0) is 26.8 Å². The molecule has 0 aromatic carbocycles. The molecule has 1 aromatic heterocycles. The van der Waals surface area contributed by atoms with E-state index < -0.39 is 5.97 Å². The van der Waals surface area contributed by atoms with Crippen LogP contribution in [0.3, 0.4) is 0 Å². The zero-order chi connectivity index (χ0) is 13.3. The first kappa shape index (κ1) is 13.1. The summed E-state index contributed by atoms with van der Waals surface area (Å²) >= 11 is 0. The number of carboxylic acids is 1. The van der Waals surface area contributed by atoms with Crippen LogP contribution in [0.5, 0.6) is 0 Å². The summed E-state index contributed by atoms with van der Waals surface area (Å²) in [7, 11) is 0. The third kappa shape index (κ3) is 2.91. The minimum atomic E-state index is -1.02. The molecule has 2 rings (SSSR count). The monoisotopic (exact) mass is 253 g/mol. The zero-order valence-corrected chi connectivity index (χ0v) is 11.0. The van der Waals surface area contributed by atoms with E-state index in [-0.39, 0.29) is 18.0 Å². The first-order valence-corrected chi connectivity index (χ1v) is 6.16. The van der Waals surface area contributed by atoms with Gasteiger partial charge in [0.1, 0.15) is 5.76 Å². The third-order valence-corrected chi connectivity index (χ3v) is 3.12. The summed E-state index contributed by atoms with van der Waals surface area (Å²) in [5, 5.41) is 8.89. The van der Waals surface area contributed by atoms with Crippen LogP contribution in [0.1, 0.15) is 35.7 Å². The van der Waals surface area contributed by atoms with Crippen molar-refractivity contribution in [3.8, 4) is 0 Å². The Bertz CT molecular complexity index is 430. The van der Waals surface area contributed by atoms with Crippen LogP contribution in [-0.2, 0) is 11.3 Å². The maximum atomic E-state index is 10.8. The van der Waals surface area contributed by atoms with Crippen molar-refractivity contribution in [2.75, 3.05) is 13.1 Å². The number of carbonyl (C=O) groups is 1. The maximum Gasteiger partial charge on any atom is 0.371 e. The molecule has 1 aromatic rings. The van der Waals surface area contributed by atoms with Gasteiger partial charge in [-0.1, -0.05) is 0 Å². The molecule has 0 spiro atoms. The van der Waals surface area contributed by atoms with E-state index in [9.17, 15) is 4.79 Å². The maximum absolute atomic E-state index is 10.8. The average molecular weight is 253 g/mol. The summed E-state index contributed by atoms with van der Waals surface area (Å²) in [6.07, 6.45) is 0.416. The van der Waals surface area contributed by atoms with Gasteiger partial charge in [0.15, 0.2) is 0 Å². The summed E-state index contributed by atoms with van der Waals surface area (Å²) in [6.45, 7) is 8.32. The van der Waals surface area contributed by atoms with Crippen molar-refractivity contribution in [3.05, 3.63) is 23.2 Å². The van der Waals surface area contributed by atoms with Crippen LogP contribution >= 0.6 is 0 Å². The Hall–Kier alpha value is -1.33. The lowest BCUT2D eigenvalue weighted by atomic mass is 10.2. The van der Waals surface area contributed by atoms with Gasteiger partial charge in [-0.25, -0.2) is 4.79 Å². The number of rotatable bonds is 3. The molecule has 0 amide bonds. The molecule has 0 bridgehead atoms. The van der Waals surface area contributed by atoms with Crippen LogP contribution in [-0.4, -0.2) is 41.3 Å². The first-order chi connectivity index (χ1) is 8.45. The highest BCUT2D eigenvalue weighted by atomic mass is 16.5. The fourth-order valence-corrected chi connectivity index (χ4v) is 2.44. The van der Waals surface area contributed by atoms with Crippen LogP contribution in [0.2, 0.25) is 0 Å². The van der Waals surface area contributed by atoms with Gasteiger partial charge >= 0.3 is 5.97 Å². The molecule has 0 unspecified atom stereocenters. The third-order valence-electron chi connectivity index (χ3n) is 3.12. The lowest BCUT2D eigenvalue weighted by molar-refractivity contribution is -0.0705. The van der Waals surface area contributed by atoms with E-state index in [1.54, 1.807) is 13.0 Å². The van der Waals surface area contributed by atoms with Gasteiger partial charge in [-0.3, -0.25) is 4.90 Å². The van der Waals surface area contributed by atoms with Crippen LogP contribution in [0, 0.1) is 6.92 Å². The number of carboxylic acid groups (broad SMARTS) is 1. The second kappa shape index (κ2) is 5.12. The van der Waals surface area contributed by atoms with Crippen molar-refractivity contribution in [2.24, 2.45) is 0 Å². The first-order valence-electron chi connectivity index (χ1n) is 6.16. The van der Waals surface area contributed by atoms with Crippen LogP contribution in [0.4, 0.5) is 0 Å². The van der Waals surface area contributed by atoms with Gasteiger partial charge in [-0.15, -0.1) is 0 Å². The van der Waals surface area contributed by atoms with E-state index in [4.69, 9.17) is 14.3 Å². The van der Waals surface area contributed by atoms with E-state index >= 15 is 0 Å². The molecule has 100 valence electrons. The molecule has 5 nitrogen and oxygen atoms in total. The van der Waals surface area contributed by atoms with Crippen molar-refractivity contribution < 1.29 is 19.1 Å². The fraction of sp³-hybridized carbons (Fsp3) is 0.615. The summed E-state index contributed by atoms with van der Waals surface area (Å²) in [5.41, 5.74) is 0.939. The van der Waals surface area contributed by atoms with Crippen LogP contribution in [0.25, 0.3) is 0 Å². The van der Waals surface area contributed by atoms with E-state index in [0.717, 1.165) is 18.7 Å². The van der Waals surface area contributed by atoms with Gasteiger partial charge < -0.3 is 14.3 Å². The minimum absolute atomic E-state index is 0.0110. The van der Waals surface area contributed by atoms with E-state index in [0.29, 0.717) is 12.3 Å². The van der Waals surface area contributed by atoms with E-state index in [1.807, 2.05) is 13.8 Å². The topological polar surface area (TPSA) is 62.9 Å². The summed E-state index contributed by atoms with van der Waals surface area (Å²) in [6, 6.07) is 1.61. The Morgan fingerprint density at radius 2 is 2.06 bits per heavy atom. The average Bonchev–Trinajstić information content (AvgIpc) is 2.59. The van der Waals surface area contributed by atoms with Crippen LogP contribution in [0.15, 0.2) is 10.5 Å². The molecule has 1 aliphatic heterocycles. The standard InChI is InChI=1S/C13H19NO4/c1-8-5-14(6-9(2)17-8)7-11-4-12(13(15)16)18-10(11)3/h4,8-9H,5-7H2,1-3H3,(H,15,16)/t8-,9+. The normalized spacial score (nSPS) is 25.3. The Morgan fingerprint density at radius 3 is 2.56 bits per heavy atom. The highest BCUT2D eigenvalue weighted by Crippen LogP contribution is 2.19. The lowest BCUT2D eigenvalue weighted by Gasteiger charge is -2.35. The van der Waals surface area contributed by atoms with Crippen molar-refractivity contribution >= 4 is 5.97 Å². The molecule has 18 heavy (non-hydrogen) atoms. The number of nitrogens with zero attached hydrogens (tertiary/aromatic N) is 1. The molecule has 1 N–H and O–H groups in total. The van der Waals surface area contributed by atoms with Crippen LogP contribution < -0.4 is 0 Å². The molecule has 2 heterocycles. The Labute approximate surface area is 106 Å². The second-order valence-electron chi connectivity index (χ2n) is 4.95. The fourth-order valence-electron chi connectivity index (χ4n) is 2.44. The molecule has 1 aliphatic rings. The number of hydrogen-bond acceptors (Lipinski definition) is 4. The van der Waals surface area contributed by atoms with Gasteiger partial charge in [-0.2, -0.15) is 0 Å². The number of morpholine rings is 1. The Kier molecular flexibility index (Phi) is 3.73. The van der Waals surface area contributed by atoms with Gasteiger partial charge in [0, 0.05) is 25.2 Å². The smallest absolute Gasteiger partial charge is 0.371 e. The number of hydrogen-bond donors (Lipinski definition) is 1. The van der Waals surface area contributed by atoms with Gasteiger partial charge in [0.05, 0.1) is 12.2 Å². The molecule has 0 radical (unpaired) electrons. The lowest BCUT2D eigenvalue weighted by Crippen LogP contribution is -2.44. The van der Waals surface area contributed by atoms with Crippen molar-refractivity contribution in [3.63, 3.8) is 0 Å². The van der Waals surface area contributed by atoms with E-state index in [1.165, 1.54) is 0 Å². The number of ether oxygens (including phenoxy) is 1. The predicted molar refractivity (Wildman–Crippen MR) is 65.7 cm³/mol. The SMILES string of the molecule is Cc1oc(C(=O)O)cc1CN1C[C@@H](C)O[C@@H](C)C1. The predicted octanol–water partition coefficient (Wildman–Crippen LogP) is 1.90. The second-order valence-corrected chi connectivity index (χ2v) is 4.95. The molecule has 1 fully saturated rings. The number of aryl methyl sites for hydroxylation is 1. The molecule has 2 atom stereocenters. The molecular weight excluding hydrogens is 234 g/mol. The summed E-state index contributed by atoms with van der Waals surface area (Å²) in [5.74, 6) is -0.330. The van der Waals surface area contributed by atoms with Crippen molar-refractivity contribution in [1.29, 1.82) is 0 Å². The van der Waals surface area contributed by atoms with Gasteiger partial charge in [0.2, 0.25) is 5.76 Å². The molecule has 1 saturated heterocycles. The Morgan fingerprint density at radius 1 is 1.44 bits per heavy atom. The summed E-state index contributed by atoms with van der Waals surface area (Å²) < 4.78 is 10.9. The zero-order valence-electron chi connectivity index (χ0n) is 11.0. The van der Waals surface area contributed by atoms with Crippen molar-refractivity contribution in [1.82, 2.24) is 4.90 Å². The highest BCUT2D eigenvalue weighted by Gasteiger charge is 2.23. The number of furan rings is 1. The largest absolute Gasteiger partial charge is 0.475 e. The minimum Gasteiger partial charge on any atom is -0.475 e. The van der Waals surface area contributed by atoms with Crippen molar-refractivity contribution in [2.45, 2.75) is 39.5 Å². The highest BCUT2D eigenvalue weighted by molar-refractivity contribution is 5.84. The number of aromatic carboxylic acids is 1. The molecule has 0 saturated carbocycles.